The van der Waals surface area contributed by atoms with E-state index in [1.165, 1.54) is 43.4 Å². The number of carbonyl (C=O) groups excluding carboxylic acids is 4. The van der Waals surface area contributed by atoms with E-state index in [0.717, 1.165) is 25.8 Å². The zero-order valence-corrected chi connectivity index (χ0v) is 27.5. The molecule has 242 valence electrons. The topological polar surface area (TPSA) is 103 Å². The summed E-state index contributed by atoms with van der Waals surface area (Å²) in [4.78, 5) is 66.4. The Labute approximate surface area is 265 Å². The van der Waals surface area contributed by atoms with Gasteiger partial charge in [0, 0.05) is 63.2 Å². The second-order valence-electron chi connectivity index (χ2n) is 14.7. The standard InChI is InChI=1S/C33H49N5O5S/c1-4-43-28(39)18-36(15-23-9-6-5-7-10-23)24-11-8-12-35(16-24)30(41)26-17-37(31(42)27-14-34-22-44-27)19-33(26)20-38(21-33)29(40)25-13-32(25,2)3/h14,22-26H,4-13,15-21H2,1-3H3/t24-,25-,26+/m1/s1. The number of amides is 3. The minimum Gasteiger partial charge on any atom is -0.465 e. The first-order valence-electron chi connectivity index (χ1n) is 16.8. The van der Waals surface area contributed by atoms with E-state index in [1.807, 2.05) is 21.6 Å². The second-order valence-corrected chi connectivity index (χ2v) is 15.6. The van der Waals surface area contributed by atoms with Crippen LogP contribution in [0.25, 0.3) is 0 Å². The molecule has 0 N–H and O–H groups in total. The van der Waals surface area contributed by atoms with Crippen molar-refractivity contribution in [1.82, 2.24) is 24.6 Å². The van der Waals surface area contributed by atoms with Crippen LogP contribution in [-0.2, 0) is 19.1 Å². The van der Waals surface area contributed by atoms with Crippen LogP contribution in [0.15, 0.2) is 11.7 Å². The van der Waals surface area contributed by atoms with E-state index in [1.54, 1.807) is 11.7 Å². The highest BCUT2D eigenvalue weighted by Crippen LogP contribution is 2.55. The first-order valence-corrected chi connectivity index (χ1v) is 17.6. The lowest BCUT2D eigenvalue weighted by molar-refractivity contribution is -0.156. The largest absolute Gasteiger partial charge is 0.465 e. The molecule has 5 aliphatic rings. The number of ether oxygens (including phenoxy) is 1. The molecule has 1 aromatic heterocycles. The number of hydrogen-bond acceptors (Lipinski definition) is 8. The molecule has 0 radical (unpaired) electrons. The van der Waals surface area contributed by atoms with Crippen LogP contribution < -0.4 is 0 Å². The van der Waals surface area contributed by atoms with Gasteiger partial charge in [0.2, 0.25) is 11.8 Å². The molecule has 0 unspecified atom stereocenters. The summed E-state index contributed by atoms with van der Waals surface area (Å²) in [6, 6.07) is 0.0999. The number of likely N-dealkylation sites (tertiary alicyclic amines) is 3. The molecule has 0 aromatic carbocycles. The number of aromatic nitrogens is 1. The monoisotopic (exact) mass is 627 g/mol. The lowest BCUT2D eigenvalue weighted by Gasteiger charge is -2.51. The molecule has 2 aliphatic carbocycles. The van der Waals surface area contributed by atoms with E-state index >= 15 is 0 Å². The van der Waals surface area contributed by atoms with Gasteiger partial charge in [-0.1, -0.05) is 33.1 Å². The summed E-state index contributed by atoms with van der Waals surface area (Å²) in [6.07, 6.45) is 10.5. The zero-order valence-electron chi connectivity index (χ0n) is 26.7. The van der Waals surface area contributed by atoms with Crippen LogP contribution in [0.1, 0.15) is 81.8 Å². The molecular formula is C33H49N5O5S. The minimum atomic E-state index is -0.425. The minimum absolute atomic E-state index is 0.0504. The Morgan fingerprint density at radius 2 is 1.66 bits per heavy atom. The van der Waals surface area contributed by atoms with Gasteiger partial charge in [-0.3, -0.25) is 29.1 Å². The maximum atomic E-state index is 14.4. The van der Waals surface area contributed by atoms with E-state index in [0.29, 0.717) is 56.7 Å². The van der Waals surface area contributed by atoms with Gasteiger partial charge in [-0.2, -0.15) is 0 Å². The highest BCUT2D eigenvalue weighted by molar-refractivity contribution is 7.11. The number of esters is 1. The molecule has 1 aromatic rings. The van der Waals surface area contributed by atoms with Crippen molar-refractivity contribution in [3.8, 4) is 0 Å². The van der Waals surface area contributed by atoms with Crippen molar-refractivity contribution in [1.29, 1.82) is 0 Å². The van der Waals surface area contributed by atoms with Gasteiger partial charge in [0.1, 0.15) is 4.88 Å². The van der Waals surface area contributed by atoms with Crippen LogP contribution in [0, 0.1) is 28.6 Å². The summed E-state index contributed by atoms with van der Waals surface area (Å²) in [5.41, 5.74) is 1.28. The van der Waals surface area contributed by atoms with Crippen LogP contribution in [0.3, 0.4) is 0 Å². The fourth-order valence-corrected chi connectivity index (χ4v) is 8.92. The molecule has 3 aliphatic heterocycles. The smallest absolute Gasteiger partial charge is 0.320 e. The zero-order chi connectivity index (χ0) is 31.1. The van der Waals surface area contributed by atoms with Gasteiger partial charge >= 0.3 is 5.97 Å². The lowest BCUT2D eigenvalue weighted by Crippen LogP contribution is -2.65. The summed E-state index contributed by atoms with van der Waals surface area (Å²) in [5.74, 6) is 0.269. The molecule has 1 spiro atoms. The molecule has 44 heavy (non-hydrogen) atoms. The maximum Gasteiger partial charge on any atom is 0.320 e. The SMILES string of the molecule is CCOC(=O)CN(CC1CCCCC1)[C@@H]1CCCN(C(=O)[C@@H]2CN(C(=O)c3cncs3)CC23CN(C(=O)[C@H]2CC2(C)C)C3)C1. The quantitative estimate of drug-likeness (QED) is 0.386. The number of hydrogen-bond donors (Lipinski definition) is 0. The van der Waals surface area contributed by atoms with Crippen molar-refractivity contribution in [3.63, 3.8) is 0 Å². The summed E-state index contributed by atoms with van der Waals surface area (Å²) in [7, 11) is 0. The van der Waals surface area contributed by atoms with Gasteiger partial charge in [0.15, 0.2) is 0 Å². The number of thiazole rings is 1. The van der Waals surface area contributed by atoms with Gasteiger partial charge in [-0.05, 0) is 50.4 Å². The third-order valence-electron chi connectivity index (χ3n) is 11.1. The van der Waals surface area contributed by atoms with Gasteiger partial charge < -0.3 is 19.4 Å². The Morgan fingerprint density at radius 1 is 0.955 bits per heavy atom. The molecule has 2 saturated carbocycles. The third-order valence-corrected chi connectivity index (χ3v) is 11.9. The summed E-state index contributed by atoms with van der Waals surface area (Å²) in [5, 5.41) is 0. The second kappa shape index (κ2) is 12.7. The molecule has 3 atom stereocenters. The number of rotatable bonds is 9. The number of piperidine rings is 1. The van der Waals surface area contributed by atoms with Gasteiger partial charge in [-0.25, -0.2) is 0 Å². The molecule has 0 bridgehead atoms. The predicted octanol–water partition coefficient (Wildman–Crippen LogP) is 3.53. The number of nitrogens with zero attached hydrogens (tertiary/aromatic N) is 5. The molecule has 10 nitrogen and oxygen atoms in total. The van der Waals surface area contributed by atoms with Crippen LogP contribution in [0.5, 0.6) is 0 Å². The Bertz CT molecular complexity index is 1230. The maximum absolute atomic E-state index is 14.4. The Balaban J connectivity index is 1.17. The predicted molar refractivity (Wildman–Crippen MR) is 167 cm³/mol. The van der Waals surface area contributed by atoms with Crippen LogP contribution in [-0.4, -0.2) is 113 Å². The fourth-order valence-electron chi connectivity index (χ4n) is 8.33. The molecule has 3 amide bonds. The Kier molecular flexibility index (Phi) is 9.08. The van der Waals surface area contributed by atoms with Gasteiger partial charge in [0.25, 0.3) is 5.91 Å². The lowest BCUT2D eigenvalue weighted by atomic mass is 9.70. The van der Waals surface area contributed by atoms with E-state index < -0.39 is 5.41 Å². The highest BCUT2D eigenvalue weighted by Gasteiger charge is 2.62. The van der Waals surface area contributed by atoms with Crippen LogP contribution >= 0.6 is 11.3 Å². The van der Waals surface area contributed by atoms with E-state index in [9.17, 15) is 19.2 Å². The molecule has 5 fully saturated rings. The molecule has 4 heterocycles. The summed E-state index contributed by atoms with van der Waals surface area (Å²) in [6.45, 7) is 10.7. The van der Waals surface area contributed by atoms with Gasteiger partial charge in [-0.15, -0.1) is 11.3 Å². The third kappa shape index (κ3) is 6.41. The van der Waals surface area contributed by atoms with Crippen molar-refractivity contribution in [2.75, 3.05) is 59.0 Å². The highest BCUT2D eigenvalue weighted by atomic mass is 32.1. The van der Waals surface area contributed by atoms with E-state index in [4.69, 9.17) is 4.74 Å². The van der Waals surface area contributed by atoms with Crippen molar-refractivity contribution >= 4 is 35.0 Å². The fraction of sp³-hybridized carbons (Fsp3) is 0.788. The van der Waals surface area contributed by atoms with Crippen molar-refractivity contribution in [2.45, 2.75) is 78.2 Å². The van der Waals surface area contributed by atoms with Crippen molar-refractivity contribution in [3.05, 3.63) is 16.6 Å². The molecule has 6 rings (SSSR count). The van der Waals surface area contributed by atoms with Crippen LogP contribution in [0.4, 0.5) is 0 Å². The molecule has 3 saturated heterocycles. The average molecular weight is 628 g/mol. The van der Waals surface area contributed by atoms with E-state index in [2.05, 4.69) is 23.7 Å². The summed E-state index contributed by atoms with van der Waals surface area (Å²) >= 11 is 1.32. The summed E-state index contributed by atoms with van der Waals surface area (Å²) < 4.78 is 5.35. The first kappa shape index (κ1) is 31.5. The normalized spacial score (nSPS) is 27.8. The Morgan fingerprint density at radius 3 is 2.32 bits per heavy atom. The van der Waals surface area contributed by atoms with E-state index in [-0.39, 0.29) is 53.5 Å². The average Bonchev–Trinajstić information content (AvgIpc) is 3.36. The first-order chi connectivity index (χ1) is 21.1. The van der Waals surface area contributed by atoms with Crippen LogP contribution in [0.2, 0.25) is 0 Å². The molecule has 11 heteroatoms. The van der Waals surface area contributed by atoms with Crippen molar-refractivity contribution < 1.29 is 23.9 Å². The number of carbonyl (C=O) groups is 4. The van der Waals surface area contributed by atoms with Gasteiger partial charge in [0.05, 0.1) is 30.8 Å². The Hall–Kier alpha value is -2.53. The van der Waals surface area contributed by atoms with Crippen molar-refractivity contribution in [2.24, 2.45) is 28.6 Å². The molecular weight excluding hydrogens is 578 g/mol.